The molecule has 0 unspecified atom stereocenters. The first-order valence-corrected chi connectivity index (χ1v) is 8.99. The van der Waals surface area contributed by atoms with E-state index >= 15 is 0 Å². The van der Waals surface area contributed by atoms with E-state index in [0.717, 1.165) is 35.0 Å². The van der Waals surface area contributed by atoms with Crippen LogP contribution in [0.5, 0.6) is 0 Å². The molecular formula is C17H20N2O2S. The molecule has 1 saturated carbocycles. The van der Waals surface area contributed by atoms with Gasteiger partial charge < -0.3 is 9.32 Å². The Hall–Kier alpha value is -1.62. The molecule has 3 heterocycles. The van der Waals surface area contributed by atoms with Crippen molar-refractivity contribution in [2.45, 2.75) is 44.6 Å². The van der Waals surface area contributed by atoms with Crippen LogP contribution in [0.15, 0.2) is 28.5 Å². The minimum absolute atomic E-state index is 0.197. The highest BCUT2D eigenvalue weighted by molar-refractivity contribution is 7.13. The number of rotatable bonds is 2. The number of piperidine rings is 1. The number of likely N-dealkylation sites (tertiary alicyclic amines) is 1. The second-order valence-electron chi connectivity index (χ2n) is 6.33. The van der Waals surface area contributed by atoms with E-state index in [-0.39, 0.29) is 5.91 Å². The van der Waals surface area contributed by atoms with Gasteiger partial charge in [0.25, 0.3) is 5.91 Å². The first kappa shape index (κ1) is 14.0. The van der Waals surface area contributed by atoms with Crippen molar-refractivity contribution in [2.24, 2.45) is 5.92 Å². The van der Waals surface area contributed by atoms with Gasteiger partial charge in [-0.05, 0) is 37.7 Å². The van der Waals surface area contributed by atoms with Gasteiger partial charge in [-0.3, -0.25) is 4.79 Å². The third-order valence-corrected chi connectivity index (χ3v) is 5.99. The molecule has 2 atom stereocenters. The molecule has 0 bridgehead atoms. The number of nitrogens with zero attached hydrogens (tertiary/aromatic N) is 2. The number of hydrogen-bond donors (Lipinski definition) is 0. The summed E-state index contributed by atoms with van der Waals surface area (Å²) in [5.74, 6) is 0.919. The topological polar surface area (TPSA) is 46.3 Å². The van der Waals surface area contributed by atoms with Crippen molar-refractivity contribution in [1.82, 2.24) is 9.88 Å². The molecule has 2 fully saturated rings. The van der Waals surface area contributed by atoms with Gasteiger partial charge in [-0.15, -0.1) is 11.3 Å². The van der Waals surface area contributed by atoms with E-state index in [1.807, 2.05) is 11.4 Å². The molecule has 1 amide bonds. The van der Waals surface area contributed by atoms with Crippen LogP contribution in [0.4, 0.5) is 0 Å². The third-order valence-electron chi connectivity index (χ3n) is 5.04. The SMILES string of the molecule is O=C(c1csc(-c2cocn2)c1)N1CCC[C@@H]2CCCC[C@@H]21. The second kappa shape index (κ2) is 5.88. The molecule has 116 valence electrons. The van der Waals surface area contributed by atoms with E-state index in [9.17, 15) is 4.79 Å². The molecular weight excluding hydrogens is 296 g/mol. The van der Waals surface area contributed by atoms with E-state index in [1.54, 1.807) is 17.6 Å². The van der Waals surface area contributed by atoms with Crippen molar-refractivity contribution in [3.8, 4) is 10.6 Å². The smallest absolute Gasteiger partial charge is 0.254 e. The maximum Gasteiger partial charge on any atom is 0.254 e. The van der Waals surface area contributed by atoms with Crippen LogP contribution in [0.3, 0.4) is 0 Å². The molecule has 1 saturated heterocycles. The fourth-order valence-electron chi connectivity index (χ4n) is 3.96. The minimum atomic E-state index is 0.197. The molecule has 2 aromatic heterocycles. The van der Waals surface area contributed by atoms with Crippen LogP contribution in [-0.4, -0.2) is 28.4 Å². The average Bonchev–Trinajstić information content (AvgIpc) is 3.24. The fourth-order valence-corrected chi connectivity index (χ4v) is 4.80. The van der Waals surface area contributed by atoms with Gasteiger partial charge in [0.15, 0.2) is 6.39 Å². The Labute approximate surface area is 134 Å². The summed E-state index contributed by atoms with van der Waals surface area (Å²) in [6.45, 7) is 0.912. The Bertz CT molecular complexity index is 647. The van der Waals surface area contributed by atoms with Crippen molar-refractivity contribution in [3.05, 3.63) is 29.7 Å². The summed E-state index contributed by atoms with van der Waals surface area (Å²) in [4.78, 5) is 20.2. The Morgan fingerprint density at radius 3 is 3.00 bits per heavy atom. The quantitative estimate of drug-likeness (QED) is 0.834. The van der Waals surface area contributed by atoms with Crippen LogP contribution in [0.2, 0.25) is 0 Å². The van der Waals surface area contributed by atoms with Crippen molar-refractivity contribution < 1.29 is 9.21 Å². The largest absolute Gasteiger partial charge is 0.451 e. The molecule has 22 heavy (non-hydrogen) atoms. The normalized spacial score (nSPS) is 25.0. The molecule has 1 aliphatic carbocycles. The van der Waals surface area contributed by atoms with Crippen molar-refractivity contribution in [2.75, 3.05) is 6.54 Å². The van der Waals surface area contributed by atoms with Crippen molar-refractivity contribution in [3.63, 3.8) is 0 Å². The number of carbonyl (C=O) groups excluding carboxylic acids is 1. The standard InChI is InChI=1S/C17H20N2O2S/c20-17(13-8-16(22-10-13)14-9-21-11-18-14)19-7-3-5-12-4-1-2-6-15(12)19/h8-12,15H,1-7H2/t12-,15-/m0/s1. The zero-order chi connectivity index (χ0) is 14.9. The van der Waals surface area contributed by atoms with Crippen molar-refractivity contribution in [1.29, 1.82) is 0 Å². The highest BCUT2D eigenvalue weighted by atomic mass is 32.1. The molecule has 0 aromatic carbocycles. The van der Waals surface area contributed by atoms with Gasteiger partial charge in [0.05, 0.1) is 10.4 Å². The summed E-state index contributed by atoms with van der Waals surface area (Å²) in [5.41, 5.74) is 1.60. The van der Waals surface area contributed by atoms with Gasteiger partial charge in [0.1, 0.15) is 12.0 Å². The summed E-state index contributed by atoms with van der Waals surface area (Å²) in [5, 5.41) is 1.96. The molecule has 5 heteroatoms. The van der Waals surface area contributed by atoms with E-state index < -0.39 is 0 Å². The maximum absolute atomic E-state index is 12.9. The van der Waals surface area contributed by atoms with Crippen LogP contribution in [-0.2, 0) is 0 Å². The number of carbonyl (C=O) groups is 1. The summed E-state index contributed by atoms with van der Waals surface area (Å²) < 4.78 is 5.03. The van der Waals surface area contributed by atoms with Gasteiger partial charge in [0, 0.05) is 18.0 Å². The van der Waals surface area contributed by atoms with Gasteiger partial charge in [-0.2, -0.15) is 0 Å². The van der Waals surface area contributed by atoms with Crippen LogP contribution >= 0.6 is 11.3 Å². The lowest BCUT2D eigenvalue weighted by atomic mass is 9.78. The number of fused-ring (bicyclic) bond motifs is 1. The first-order chi connectivity index (χ1) is 10.8. The number of oxazole rings is 1. The maximum atomic E-state index is 12.9. The lowest BCUT2D eigenvalue weighted by Crippen LogP contribution is -2.49. The zero-order valence-electron chi connectivity index (χ0n) is 12.5. The molecule has 0 radical (unpaired) electrons. The summed E-state index contributed by atoms with van der Waals surface area (Å²) in [6.07, 6.45) is 10.6. The molecule has 4 nitrogen and oxygen atoms in total. The van der Waals surface area contributed by atoms with Gasteiger partial charge in [-0.25, -0.2) is 4.98 Å². The van der Waals surface area contributed by atoms with E-state index in [1.165, 1.54) is 38.5 Å². The molecule has 0 N–H and O–H groups in total. The summed E-state index contributed by atoms with van der Waals surface area (Å²) >= 11 is 1.56. The first-order valence-electron chi connectivity index (χ1n) is 8.11. The Kier molecular flexibility index (Phi) is 3.74. The van der Waals surface area contributed by atoms with E-state index in [4.69, 9.17) is 4.42 Å². The number of hydrogen-bond acceptors (Lipinski definition) is 4. The molecule has 4 rings (SSSR count). The van der Waals surface area contributed by atoms with Gasteiger partial charge >= 0.3 is 0 Å². The Balaban J connectivity index is 1.56. The fraction of sp³-hybridized carbons (Fsp3) is 0.529. The van der Waals surface area contributed by atoms with Crippen LogP contribution in [0.1, 0.15) is 48.9 Å². The molecule has 2 aliphatic rings. The lowest BCUT2D eigenvalue weighted by Gasteiger charge is -2.44. The van der Waals surface area contributed by atoms with E-state index in [2.05, 4.69) is 9.88 Å². The number of aromatic nitrogens is 1. The van der Waals surface area contributed by atoms with Gasteiger partial charge in [0.2, 0.25) is 0 Å². The van der Waals surface area contributed by atoms with Crippen molar-refractivity contribution >= 4 is 17.2 Å². The highest BCUT2D eigenvalue weighted by Gasteiger charge is 2.36. The third kappa shape index (κ3) is 2.47. The summed E-state index contributed by atoms with van der Waals surface area (Å²) in [7, 11) is 0. The second-order valence-corrected chi connectivity index (χ2v) is 7.24. The van der Waals surface area contributed by atoms with Crippen LogP contribution in [0, 0.1) is 5.92 Å². The number of amides is 1. The van der Waals surface area contributed by atoms with Crippen LogP contribution in [0.25, 0.3) is 10.6 Å². The Morgan fingerprint density at radius 2 is 2.14 bits per heavy atom. The highest BCUT2D eigenvalue weighted by Crippen LogP contribution is 2.36. The molecule has 0 spiro atoms. The van der Waals surface area contributed by atoms with Crippen LogP contribution < -0.4 is 0 Å². The monoisotopic (exact) mass is 316 g/mol. The predicted molar refractivity (Wildman–Crippen MR) is 85.8 cm³/mol. The minimum Gasteiger partial charge on any atom is -0.451 e. The average molecular weight is 316 g/mol. The summed E-state index contributed by atoms with van der Waals surface area (Å²) in [6, 6.07) is 2.42. The molecule has 2 aromatic rings. The predicted octanol–water partition coefficient (Wildman–Crippen LogP) is 4.20. The lowest BCUT2D eigenvalue weighted by molar-refractivity contribution is 0.0391. The zero-order valence-corrected chi connectivity index (χ0v) is 13.3. The molecule has 1 aliphatic heterocycles. The number of thiophene rings is 1. The van der Waals surface area contributed by atoms with E-state index in [0.29, 0.717) is 6.04 Å². The Morgan fingerprint density at radius 1 is 1.27 bits per heavy atom. The van der Waals surface area contributed by atoms with Gasteiger partial charge in [-0.1, -0.05) is 12.8 Å².